The van der Waals surface area contributed by atoms with Crippen molar-refractivity contribution >= 4 is 17.8 Å². The zero-order chi connectivity index (χ0) is 21.1. The lowest BCUT2D eigenvalue weighted by Gasteiger charge is -2.40. The van der Waals surface area contributed by atoms with Gasteiger partial charge in [0.25, 0.3) is 0 Å². The molecule has 2 saturated heterocycles. The molecular formula is C23H25N3O4. The maximum Gasteiger partial charge on any atom is 0.311 e. The third-order valence-corrected chi connectivity index (χ3v) is 5.99. The summed E-state index contributed by atoms with van der Waals surface area (Å²) in [6.45, 7) is 0.480. The van der Waals surface area contributed by atoms with E-state index in [9.17, 15) is 14.4 Å². The van der Waals surface area contributed by atoms with Crippen LogP contribution in [0.4, 0.5) is 0 Å². The molecule has 2 aliphatic heterocycles. The monoisotopic (exact) mass is 407 g/mol. The lowest BCUT2D eigenvalue weighted by Crippen LogP contribution is -2.55. The summed E-state index contributed by atoms with van der Waals surface area (Å²) in [7, 11) is 1.37. The van der Waals surface area contributed by atoms with Crippen LogP contribution in [0.1, 0.15) is 30.0 Å². The molecule has 7 heteroatoms. The van der Waals surface area contributed by atoms with E-state index in [1.165, 1.54) is 7.11 Å². The standard InChI is InChI=1S/C23H25N3O4/c1-30-23(29)19-12-18-14-25(20(27)10-9-16-6-5-11-24-13-16)15-21(28)26(18)22(19)17-7-3-2-4-8-17/h2-8,11,13,18-19,22H,9-10,12,14-15H2,1H3/t18-,19-,22-/m0/s1. The average Bonchev–Trinajstić information content (AvgIpc) is 3.18. The van der Waals surface area contributed by atoms with Gasteiger partial charge in [-0.25, -0.2) is 0 Å². The van der Waals surface area contributed by atoms with Crippen LogP contribution in [-0.2, 0) is 25.5 Å². The molecule has 3 atom stereocenters. The summed E-state index contributed by atoms with van der Waals surface area (Å²) >= 11 is 0. The molecule has 0 aliphatic carbocycles. The summed E-state index contributed by atoms with van der Waals surface area (Å²) in [5.74, 6) is -0.928. The number of benzene rings is 1. The zero-order valence-electron chi connectivity index (χ0n) is 16.9. The van der Waals surface area contributed by atoms with Crippen molar-refractivity contribution in [2.24, 2.45) is 5.92 Å². The first-order valence-electron chi connectivity index (χ1n) is 10.2. The molecule has 0 bridgehead atoms. The molecule has 1 aromatic carbocycles. The van der Waals surface area contributed by atoms with Crippen molar-refractivity contribution in [3.8, 4) is 0 Å². The second-order valence-corrected chi connectivity index (χ2v) is 7.81. The molecule has 4 rings (SSSR count). The van der Waals surface area contributed by atoms with Gasteiger partial charge in [0.2, 0.25) is 11.8 Å². The molecule has 2 aromatic rings. The molecule has 2 amide bonds. The fraction of sp³-hybridized carbons (Fsp3) is 0.391. The van der Waals surface area contributed by atoms with Crippen molar-refractivity contribution in [2.45, 2.75) is 31.3 Å². The number of fused-ring (bicyclic) bond motifs is 1. The smallest absolute Gasteiger partial charge is 0.311 e. The minimum Gasteiger partial charge on any atom is -0.469 e. The summed E-state index contributed by atoms with van der Waals surface area (Å²) < 4.78 is 5.03. The van der Waals surface area contributed by atoms with Gasteiger partial charge in [0, 0.05) is 25.4 Å². The quantitative estimate of drug-likeness (QED) is 0.708. The molecule has 2 aliphatic rings. The molecule has 7 nitrogen and oxygen atoms in total. The van der Waals surface area contributed by atoms with E-state index in [1.54, 1.807) is 22.2 Å². The van der Waals surface area contributed by atoms with Gasteiger partial charge in [0.1, 0.15) is 0 Å². The molecular weight excluding hydrogens is 382 g/mol. The molecule has 2 fully saturated rings. The fourth-order valence-electron chi connectivity index (χ4n) is 4.61. The van der Waals surface area contributed by atoms with Crippen molar-refractivity contribution in [2.75, 3.05) is 20.2 Å². The highest BCUT2D eigenvalue weighted by Crippen LogP contribution is 2.43. The van der Waals surface area contributed by atoms with Crippen LogP contribution in [0.2, 0.25) is 0 Å². The molecule has 30 heavy (non-hydrogen) atoms. The van der Waals surface area contributed by atoms with Crippen molar-refractivity contribution in [1.29, 1.82) is 0 Å². The van der Waals surface area contributed by atoms with Crippen LogP contribution in [0.15, 0.2) is 54.9 Å². The van der Waals surface area contributed by atoms with Crippen molar-refractivity contribution < 1.29 is 19.1 Å². The van der Waals surface area contributed by atoms with E-state index in [1.807, 2.05) is 42.5 Å². The van der Waals surface area contributed by atoms with Crippen LogP contribution in [0.5, 0.6) is 0 Å². The van der Waals surface area contributed by atoms with E-state index < -0.39 is 5.92 Å². The van der Waals surface area contributed by atoms with Crippen LogP contribution < -0.4 is 0 Å². The Balaban J connectivity index is 1.50. The molecule has 156 valence electrons. The number of aromatic nitrogens is 1. The number of esters is 1. The van der Waals surface area contributed by atoms with Gasteiger partial charge in [-0.1, -0.05) is 36.4 Å². The fourth-order valence-corrected chi connectivity index (χ4v) is 4.61. The lowest BCUT2D eigenvalue weighted by molar-refractivity contribution is -0.150. The Bertz CT molecular complexity index is 919. The summed E-state index contributed by atoms with van der Waals surface area (Å²) in [5, 5.41) is 0. The second-order valence-electron chi connectivity index (χ2n) is 7.81. The van der Waals surface area contributed by atoms with Crippen LogP contribution in [0.3, 0.4) is 0 Å². The Morgan fingerprint density at radius 3 is 2.67 bits per heavy atom. The van der Waals surface area contributed by atoms with E-state index >= 15 is 0 Å². The predicted octanol–water partition coefficient (Wildman–Crippen LogP) is 1.99. The number of hydrogen-bond acceptors (Lipinski definition) is 5. The highest BCUT2D eigenvalue weighted by molar-refractivity contribution is 5.88. The Labute approximate surface area is 175 Å². The molecule has 0 N–H and O–H groups in total. The largest absolute Gasteiger partial charge is 0.469 e. The third-order valence-electron chi connectivity index (χ3n) is 5.99. The van der Waals surface area contributed by atoms with E-state index in [2.05, 4.69) is 4.98 Å². The molecule has 0 radical (unpaired) electrons. The predicted molar refractivity (Wildman–Crippen MR) is 109 cm³/mol. The first kappa shape index (κ1) is 20.1. The summed E-state index contributed by atoms with van der Waals surface area (Å²) in [4.78, 5) is 45.8. The number of pyridine rings is 1. The zero-order valence-corrected chi connectivity index (χ0v) is 16.9. The topological polar surface area (TPSA) is 79.8 Å². The number of nitrogens with zero attached hydrogens (tertiary/aromatic N) is 3. The van der Waals surface area contributed by atoms with Crippen molar-refractivity contribution in [3.63, 3.8) is 0 Å². The molecule has 0 spiro atoms. The highest BCUT2D eigenvalue weighted by atomic mass is 16.5. The first-order chi connectivity index (χ1) is 14.6. The molecule has 1 aromatic heterocycles. The second kappa shape index (κ2) is 8.65. The number of hydrogen-bond donors (Lipinski definition) is 0. The Morgan fingerprint density at radius 1 is 1.17 bits per heavy atom. The van der Waals surface area contributed by atoms with Gasteiger partial charge >= 0.3 is 5.97 Å². The minimum absolute atomic E-state index is 0.0413. The van der Waals surface area contributed by atoms with Gasteiger partial charge in [-0.3, -0.25) is 19.4 Å². The third kappa shape index (κ3) is 3.92. The molecule has 0 saturated carbocycles. The number of rotatable bonds is 5. The maximum absolute atomic E-state index is 13.1. The van der Waals surface area contributed by atoms with Crippen LogP contribution >= 0.6 is 0 Å². The molecule has 3 heterocycles. The normalized spacial score (nSPS) is 23.2. The molecule has 0 unspecified atom stereocenters. The van der Waals surface area contributed by atoms with Gasteiger partial charge in [-0.05, 0) is 30.0 Å². The minimum atomic E-state index is -0.434. The Kier molecular flexibility index (Phi) is 5.79. The van der Waals surface area contributed by atoms with Crippen LogP contribution in [0, 0.1) is 5.92 Å². The Hall–Kier alpha value is -3.22. The van der Waals surface area contributed by atoms with Gasteiger partial charge in [-0.2, -0.15) is 0 Å². The lowest BCUT2D eigenvalue weighted by atomic mass is 9.93. The van der Waals surface area contributed by atoms with Crippen molar-refractivity contribution in [1.82, 2.24) is 14.8 Å². The van der Waals surface area contributed by atoms with Crippen LogP contribution in [-0.4, -0.2) is 58.8 Å². The SMILES string of the molecule is COC(=O)[C@H]1C[C@H]2CN(C(=O)CCc3cccnc3)CC(=O)N2[C@H]1c1ccccc1. The maximum atomic E-state index is 13.1. The summed E-state index contributed by atoms with van der Waals surface area (Å²) in [5.41, 5.74) is 1.91. The van der Waals surface area contributed by atoms with Gasteiger partial charge in [0.15, 0.2) is 0 Å². The number of ether oxygens (including phenoxy) is 1. The number of aryl methyl sites for hydroxylation is 1. The summed E-state index contributed by atoms with van der Waals surface area (Å²) in [6.07, 6.45) is 4.85. The van der Waals surface area contributed by atoms with Crippen molar-refractivity contribution in [3.05, 3.63) is 66.0 Å². The van der Waals surface area contributed by atoms with E-state index in [-0.39, 0.29) is 36.4 Å². The summed E-state index contributed by atoms with van der Waals surface area (Å²) in [6, 6.07) is 12.8. The van der Waals surface area contributed by atoms with E-state index in [0.29, 0.717) is 25.8 Å². The number of carbonyl (C=O) groups is 3. The van der Waals surface area contributed by atoms with Gasteiger partial charge in [-0.15, -0.1) is 0 Å². The van der Waals surface area contributed by atoms with Crippen LogP contribution in [0.25, 0.3) is 0 Å². The van der Waals surface area contributed by atoms with E-state index in [0.717, 1.165) is 11.1 Å². The first-order valence-corrected chi connectivity index (χ1v) is 10.2. The highest BCUT2D eigenvalue weighted by Gasteiger charge is 2.51. The number of piperazine rings is 1. The Morgan fingerprint density at radius 2 is 1.97 bits per heavy atom. The number of amides is 2. The van der Waals surface area contributed by atoms with E-state index in [4.69, 9.17) is 4.74 Å². The average molecular weight is 407 g/mol. The van der Waals surface area contributed by atoms with Gasteiger partial charge < -0.3 is 14.5 Å². The number of carbonyl (C=O) groups excluding carboxylic acids is 3. The van der Waals surface area contributed by atoms with Gasteiger partial charge in [0.05, 0.1) is 31.7 Å². The number of methoxy groups -OCH3 is 1.